The van der Waals surface area contributed by atoms with Gasteiger partial charge in [-0.05, 0) is 11.6 Å². The van der Waals surface area contributed by atoms with Gasteiger partial charge in [0.1, 0.15) is 17.4 Å². The van der Waals surface area contributed by atoms with Gasteiger partial charge in [-0.25, -0.2) is 9.97 Å². The van der Waals surface area contributed by atoms with Crippen molar-refractivity contribution in [1.29, 1.82) is 10.5 Å². The van der Waals surface area contributed by atoms with Gasteiger partial charge in [0.25, 0.3) is 0 Å². The zero-order valence-electron chi connectivity index (χ0n) is 14.9. The van der Waals surface area contributed by atoms with Crippen molar-refractivity contribution in [1.82, 2.24) is 15.0 Å². The molecule has 3 aromatic rings. The fourth-order valence-electron chi connectivity index (χ4n) is 2.37. The van der Waals surface area contributed by atoms with Crippen LogP contribution in [-0.2, 0) is 16.0 Å². The maximum Gasteiger partial charge on any atom is 0.239 e. The molecule has 0 unspecified atom stereocenters. The Labute approximate surface area is 169 Å². The molecule has 0 saturated carbocycles. The molecular weight excluding hydrogens is 390 g/mol. The zero-order chi connectivity index (χ0) is 20.6. The fraction of sp³-hybridized carbons (Fsp3) is 0.105. The van der Waals surface area contributed by atoms with Gasteiger partial charge < -0.3 is 10.6 Å². The van der Waals surface area contributed by atoms with Gasteiger partial charge in [-0.3, -0.25) is 14.6 Å². The Balaban J connectivity index is 1.66. The van der Waals surface area contributed by atoms with Gasteiger partial charge in [0.15, 0.2) is 10.9 Å². The Morgan fingerprint density at radius 3 is 2.59 bits per heavy atom. The first-order valence-corrected chi connectivity index (χ1v) is 9.13. The molecule has 0 aliphatic carbocycles. The SMILES string of the molecule is N#CCC(=O)Nc1cnc(-c2cccc(CC(=O)Nc3ncc(C#N)s3)c2)cn1. The summed E-state index contributed by atoms with van der Waals surface area (Å²) in [6, 6.07) is 11.0. The number of rotatable bonds is 6. The normalized spacial score (nSPS) is 9.86. The topological polar surface area (TPSA) is 144 Å². The molecule has 2 aromatic heterocycles. The predicted molar refractivity (Wildman–Crippen MR) is 105 cm³/mol. The molecule has 0 spiro atoms. The summed E-state index contributed by atoms with van der Waals surface area (Å²) in [5.74, 6) is -0.447. The minimum absolute atomic E-state index is 0.130. The van der Waals surface area contributed by atoms with Crippen LogP contribution in [0.2, 0.25) is 0 Å². The average Bonchev–Trinajstić information content (AvgIpc) is 3.16. The van der Waals surface area contributed by atoms with Crippen LogP contribution in [0.5, 0.6) is 0 Å². The Hall–Kier alpha value is -4.15. The molecule has 0 radical (unpaired) electrons. The number of amides is 2. The van der Waals surface area contributed by atoms with E-state index in [-0.39, 0.29) is 24.6 Å². The lowest BCUT2D eigenvalue weighted by Crippen LogP contribution is -2.14. The summed E-state index contributed by atoms with van der Waals surface area (Å²) in [7, 11) is 0. The van der Waals surface area contributed by atoms with Crippen LogP contribution in [0.3, 0.4) is 0 Å². The Kier molecular flexibility index (Phi) is 6.20. The van der Waals surface area contributed by atoms with E-state index in [1.165, 1.54) is 18.6 Å². The van der Waals surface area contributed by atoms with E-state index in [0.717, 1.165) is 22.5 Å². The van der Waals surface area contributed by atoms with Gasteiger partial charge in [-0.2, -0.15) is 10.5 Å². The third-order valence-electron chi connectivity index (χ3n) is 3.61. The van der Waals surface area contributed by atoms with E-state index in [9.17, 15) is 9.59 Å². The van der Waals surface area contributed by atoms with Crippen molar-refractivity contribution in [3.63, 3.8) is 0 Å². The molecule has 142 valence electrons. The lowest BCUT2D eigenvalue weighted by Gasteiger charge is -2.06. The number of nitriles is 2. The molecule has 0 bridgehead atoms. The van der Waals surface area contributed by atoms with Gasteiger partial charge in [0.2, 0.25) is 11.8 Å². The quantitative estimate of drug-likeness (QED) is 0.643. The number of hydrogen-bond acceptors (Lipinski definition) is 8. The number of anilines is 2. The summed E-state index contributed by atoms with van der Waals surface area (Å²) < 4.78 is 0. The molecule has 29 heavy (non-hydrogen) atoms. The van der Waals surface area contributed by atoms with Crippen molar-refractivity contribution in [2.75, 3.05) is 10.6 Å². The summed E-state index contributed by atoms with van der Waals surface area (Å²) in [4.78, 5) is 36.4. The van der Waals surface area contributed by atoms with Gasteiger partial charge in [0.05, 0.1) is 36.8 Å². The van der Waals surface area contributed by atoms with Crippen LogP contribution in [-0.4, -0.2) is 26.8 Å². The molecular formula is C19H13N7O2S. The van der Waals surface area contributed by atoms with Crippen LogP contribution in [0.15, 0.2) is 42.9 Å². The molecule has 0 saturated heterocycles. The van der Waals surface area contributed by atoms with Crippen LogP contribution in [0.1, 0.15) is 16.9 Å². The van der Waals surface area contributed by atoms with E-state index in [1.54, 1.807) is 12.1 Å². The van der Waals surface area contributed by atoms with Crippen LogP contribution in [0.4, 0.5) is 10.9 Å². The summed E-state index contributed by atoms with van der Waals surface area (Å²) in [6.45, 7) is 0. The zero-order valence-corrected chi connectivity index (χ0v) is 15.7. The van der Waals surface area contributed by atoms with Crippen molar-refractivity contribution < 1.29 is 9.59 Å². The summed E-state index contributed by atoms with van der Waals surface area (Å²) >= 11 is 1.11. The lowest BCUT2D eigenvalue weighted by atomic mass is 10.1. The second kappa shape index (κ2) is 9.17. The molecule has 2 N–H and O–H groups in total. The maximum atomic E-state index is 12.2. The fourth-order valence-corrected chi connectivity index (χ4v) is 3.00. The smallest absolute Gasteiger partial charge is 0.239 e. The van der Waals surface area contributed by atoms with E-state index in [1.807, 2.05) is 24.3 Å². The standard InChI is InChI=1S/C19H13N7O2S/c20-5-4-17(27)25-16-11-22-15(10-23-16)13-3-1-2-12(6-13)7-18(28)26-19-24-9-14(8-21)29-19/h1-3,6,9-11H,4,7H2,(H,23,25,27)(H,24,26,28). The third kappa shape index (κ3) is 5.42. The van der Waals surface area contributed by atoms with Crippen molar-refractivity contribution in [3.8, 4) is 23.4 Å². The molecule has 2 heterocycles. The highest BCUT2D eigenvalue weighted by molar-refractivity contribution is 7.16. The highest BCUT2D eigenvalue weighted by Crippen LogP contribution is 2.20. The second-order valence-electron chi connectivity index (χ2n) is 5.74. The minimum atomic E-state index is -0.454. The lowest BCUT2D eigenvalue weighted by molar-refractivity contribution is -0.116. The number of benzene rings is 1. The van der Waals surface area contributed by atoms with Crippen LogP contribution >= 0.6 is 11.3 Å². The van der Waals surface area contributed by atoms with E-state index in [0.29, 0.717) is 15.7 Å². The summed E-state index contributed by atoms with van der Waals surface area (Å²) in [6.07, 6.45) is 4.18. The Morgan fingerprint density at radius 2 is 1.90 bits per heavy atom. The van der Waals surface area contributed by atoms with Gasteiger partial charge in [-0.15, -0.1) is 0 Å². The first kappa shape index (κ1) is 19.6. The van der Waals surface area contributed by atoms with Crippen LogP contribution < -0.4 is 10.6 Å². The number of carbonyl (C=O) groups excluding carboxylic acids is 2. The van der Waals surface area contributed by atoms with E-state index in [2.05, 4.69) is 25.6 Å². The second-order valence-corrected chi connectivity index (χ2v) is 6.77. The third-order valence-corrected chi connectivity index (χ3v) is 4.43. The molecule has 9 nitrogen and oxygen atoms in total. The number of aromatic nitrogens is 3. The van der Waals surface area contributed by atoms with E-state index < -0.39 is 5.91 Å². The summed E-state index contributed by atoms with van der Waals surface area (Å²) in [5.41, 5.74) is 2.10. The highest BCUT2D eigenvalue weighted by Gasteiger charge is 2.10. The van der Waals surface area contributed by atoms with E-state index >= 15 is 0 Å². The Morgan fingerprint density at radius 1 is 1.03 bits per heavy atom. The minimum Gasteiger partial charge on any atom is -0.309 e. The predicted octanol–water partition coefficient (Wildman–Crippen LogP) is 2.51. The average molecular weight is 403 g/mol. The van der Waals surface area contributed by atoms with Crippen molar-refractivity contribution in [2.45, 2.75) is 12.8 Å². The Bertz CT molecular complexity index is 1130. The molecule has 0 fully saturated rings. The summed E-state index contributed by atoms with van der Waals surface area (Å²) in [5, 5.41) is 22.8. The molecule has 0 aliphatic heterocycles. The van der Waals surface area contributed by atoms with Crippen LogP contribution in [0, 0.1) is 22.7 Å². The molecule has 10 heteroatoms. The molecule has 0 atom stereocenters. The number of nitrogens with zero attached hydrogens (tertiary/aromatic N) is 5. The van der Waals surface area contributed by atoms with Crippen molar-refractivity contribution in [3.05, 3.63) is 53.3 Å². The molecule has 2 amide bonds. The van der Waals surface area contributed by atoms with Crippen molar-refractivity contribution >= 4 is 34.1 Å². The maximum absolute atomic E-state index is 12.2. The van der Waals surface area contributed by atoms with Gasteiger partial charge >= 0.3 is 0 Å². The highest BCUT2D eigenvalue weighted by atomic mass is 32.1. The van der Waals surface area contributed by atoms with Crippen molar-refractivity contribution in [2.24, 2.45) is 0 Å². The first-order valence-electron chi connectivity index (χ1n) is 8.31. The number of nitrogens with one attached hydrogen (secondary N) is 2. The van der Waals surface area contributed by atoms with E-state index in [4.69, 9.17) is 10.5 Å². The number of hydrogen-bond donors (Lipinski definition) is 2. The largest absolute Gasteiger partial charge is 0.309 e. The monoisotopic (exact) mass is 403 g/mol. The first-order chi connectivity index (χ1) is 14.1. The molecule has 0 aliphatic rings. The molecule has 3 rings (SSSR count). The van der Waals surface area contributed by atoms with Crippen LogP contribution in [0.25, 0.3) is 11.3 Å². The number of carbonyl (C=O) groups is 2. The molecule has 1 aromatic carbocycles. The van der Waals surface area contributed by atoms with Gasteiger partial charge in [-0.1, -0.05) is 29.5 Å². The number of thiazole rings is 1. The van der Waals surface area contributed by atoms with Gasteiger partial charge in [0, 0.05) is 5.56 Å².